The minimum atomic E-state index is -2.89. The second-order valence-electron chi connectivity index (χ2n) is 7.28. The van der Waals surface area contributed by atoms with Crippen LogP contribution in [0.15, 0.2) is 109 Å². The van der Waals surface area contributed by atoms with Gasteiger partial charge in [0.25, 0.3) is 5.70 Å². The van der Waals surface area contributed by atoms with E-state index in [1.54, 1.807) is 29.1 Å². The summed E-state index contributed by atoms with van der Waals surface area (Å²) in [5.41, 5.74) is 3.63. The summed E-state index contributed by atoms with van der Waals surface area (Å²) in [6, 6.07) is 29.0. The van der Waals surface area contributed by atoms with E-state index in [1.807, 2.05) is 72.8 Å². The number of aromatic nitrogens is 1. The third kappa shape index (κ3) is 5.63. The molecule has 0 amide bonds. The predicted molar refractivity (Wildman–Crippen MR) is 134 cm³/mol. The van der Waals surface area contributed by atoms with Gasteiger partial charge in [-0.25, -0.2) is 0 Å². The summed E-state index contributed by atoms with van der Waals surface area (Å²) in [6.07, 6.45) is 3.55. The molecule has 0 aliphatic carbocycles. The van der Waals surface area contributed by atoms with Crippen LogP contribution in [0.5, 0.6) is 5.75 Å². The molecule has 0 bridgehead atoms. The number of anilines is 1. The van der Waals surface area contributed by atoms with E-state index < -0.39 is 6.61 Å². The average molecular weight is 476 g/mol. The van der Waals surface area contributed by atoms with Gasteiger partial charge in [-0.2, -0.15) is 13.3 Å². The Balaban J connectivity index is 1.65. The Hall–Kier alpha value is -4.10. The van der Waals surface area contributed by atoms with Crippen molar-refractivity contribution in [2.45, 2.75) is 6.61 Å². The lowest BCUT2D eigenvalue weighted by Gasteiger charge is -2.11. The number of nitrogens with zero attached hydrogens (tertiary/aromatic N) is 1. The first-order valence-electron chi connectivity index (χ1n) is 10.4. The third-order valence-electron chi connectivity index (χ3n) is 5.02. The number of benzene rings is 3. The third-order valence-corrected chi connectivity index (χ3v) is 5.31. The number of rotatable bonds is 7. The second kappa shape index (κ2) is 10.7. The molecule has 1 heterocycles. The Bertz CT molecular complexity index is 1280. The van der Waals surface area contributed by atoms with E-state index in [0.29, 0.717) is 16.9 Å². The average Bonchev–Trinajstić information content (AvgIpc) is 2.86. The van der Waals surface area contributed by atoms with Crippen LogP contribution in [0.2, 0.25) is 0 Å². The highest BCUT2D eigenvalue weighted by Crippen LogP contribution is 2.24. The van der Waals surface area contributed by atoms with E-state index in [4.69, 9.17) is 12.2 Å². The highest BCUT2D eigenvalue weighted by Gasteiger charge is 2.23. The number of thiocarbonyl (C=S) groups is 1. The van der Waals surface area contributed by atoms with Crippen LogP contribution < -0.4 is 14.6 Å². The largest absolute Gasteiger partial charge is 0.502 e. The molecule has 34 heavy (non-hydrogen) atoms. The summed E-state index contributed by atoms with van der Waals surface area (Å²) in [7, 11) is 0. The minimum absolute atomic E-state index is 0.00837. The highest BCUT2D eigenvalue weighted by atomic mass is 32.1. The zero-order chi connectivity index (χ0) is 23.9. The zero-order valence-electron chi connectivity index (χ0n) is 17.9. The van der Waals surface area contributed by atoms with Gasteiger partial charge in [-0.05, 0) is 35.4 Å². The van der Waals surface area contributed by atoms with Crippen LogP contribution in [0.1, 0.15) is 5.56 Å². The SMILES string of the molecule is OC(=C(C(=S)Nc1ccc(OC(F)F)cc1)[n+]1ccccc1)c1ccc(-c2ccccc2)cc1. The molecule has 0 aliphatic heterocycles. The number of hydrogen-bond donors (Lipinski definition) is 2. The minimum Gasteiger partial charge on any atom is -0.502 e. The first kappa shape index (κ1) is 23.1. The molecule has 7 heteroatoms. The zero-order valence-corrected chi connectivity index (χ0v) is 18.8. The van der Waals surface area contributed by atoms with E-state index in [0.717, 1.165) is 11.1 Å². The van der Waals surface area contributed by atoms with Gasteiger partial charge in [0.2, 0.25) is 0 Å². The molecule has 4 aromatic rings. The quantitative estimate of drug-likeness (QED) is 0.137. The van der Waals surface area contributed by atoms with Crippen molar-refractivity contribution in [3.05, 3.63) is 115 Å². The van der Waals surface area contributed by atoms with Crippen LogP contribution >= 0.6 is 12.2 Å². The van der Waals surface area contributed by atoms with Crippen molar-refractivity contribution < 1.29 is 23.2 Å². The van der Waals surface area contributed by atoms with Gasteiger partial charge >= 0.3 is 6.61 Å². The van der Waals surface area contributed by atoms with Crippen LogP contribution in [0.4, 0.5) is 14.5 Å². The molecule has 170 valence electrons. The number of hydrogen-bond acceptors (Lipinski definition) is 3. The summed E-state index contributed by atoms with van der Waals surface area (Å²) >= 11 is 5.62. The maximum absolute atomic E-state index is 12.4. The maximum Gasteiger partial charge on any atom is 0.387 e. The van der Waals surface area contributed by atoms with E-state index in [2.05, 4.69) is 10.1 Å². The van der Waals surface area contributed by atoms with Crippen LogP contribution in [0.3, 0.4) is 0 Å². The first-order chi connectivity index (χ1) is 16.5. The van der Waals surface area contributed by atoms with Crippen molar-refractivity contribution in [1.29, 1.82) is 0 Å². The molecule has 0 spiro atoms. The predicted octanol–water partition coefficient (Wildman–Crippen LogP) is 6.57. The number of halogens is 2. The van der Waals surface area contributed by atoms with Gasteiger partial charge in [-0.3, -0.25) is 0 Å². The Labute approximate surface area is 201 Å². The van der Waals surface area contributed by atoms with Crippen molar-refractivity contribution in [3.8, 4) is 16.9 Å². The summed E-state index contributed by atoms with van der Waals surface area (Å²) in [5.74, 6) is 0.0342. The number of ether oxygens (including phenoxy) is 1. The Kier molecular flexibility index (Phi) is 7.25. The molecule has 0 fully saturated rings. The van der Waals surface area contributed by atoms with Crippen LogP contribution in [0.25, 0.3) is 22.6 Å². The number of nitrogens with one attached hydrogen (secondary N) is 1. The van der Waals surface area contributed by atoms with Crippen molar-refractivity contribution in [3.63, 3.8) is 0 Å². The molecular weight excluding hydrogens is 454 g/mol. The van der Waals surface area contributed by atoms with Crippen molar-refractivity contribution in [2.24, 2.45) is 0 Å². The standard InChI is InChI=1S/C27H20F2N2O2S/c28-27(29)33-23-15-13-22(14-16-23)30-26(34)24(31-17-5-2-6-18-31)25(32)21-11-9-20(10-12-21)19-7-3-1-4-8-19/h1-18,27H,(H-,30,32,34)/p+1. The fraction of sp³-hybridized carbons (Fsp3) is 0.0370. The van der Waals surface area contributed by atoms with Gasteiger partial charge in [0.1, 0.15) is 5.75 Å². The van der Waals surface area contributed by atoms with E-state index in [1.165, 1.54) is 12.1 Å². The van der Waals surface area contributed by atoms with E-state index in [9.17, 15) is 13.9 Å². The van der Waals surface area contributed by atoms with Gasteiger partial charge < -0.3 is 15.2 Å². The lowest BCUT2D eigenvalue weighted by Crippen LogP contribution is -2.38. The smallest absolute Gasteiger partial charge is 0.387 e. The van der Waals surface area contributed by atoms with Gasteiger partial charge in [-0.15, -0.1) is 0 Å². The number of aliphatic hydroxyl groups excluding tert-OH is 1. The fourth-order valence-electron chi connectivity index (χ4n) is 3.39. The molecule has 2 N–H and O–H groups in total. The normalized spacial score (nSPS) is 11.6. The number of aliphatic hydroxyl groups is 1. The van der Waals surface area contributed by atoms with E-state index >= 15 is 0 Å². The van der Waals surface area contributed by atoms with Crippen LogP contribution in [-0.2, 0) is 0 Å². The van der Waals surface area contributed by atoms with Gasteiger partial charge in [-0.1, -0.05) is 72.9 Å². The van der Waals surface area contributed by atoms with E-state index in [-0.39, 0.29) is 16.5 Å². The lowest BCUT2D eigenvalue weighted by atomic mass is 10.0. The monoisotopic (exact) mass is 475 g/mol. The van der Waals surface area contributed by atoms with Crippen molar-refractivity contribution in [1.82, 2.24) is 0 Å². The molecule has 0 radical (unpaired) electrons. The molecule has 0 saturated carbocycles. The Morgan fingerprint density at radius 2 is 1.38 bits per heavy atom. The summed E-state index contributed by atoms with van der Waals surface area (Å²) in [4.78, 5) is 0.253. The van der Waals surface area contributed by atoms with Crippen LogP contribution in [0, 0.1) is 0 Å². The maximum atomic E-state index is 12.4. The fourth-order valence-corrected chi connectivity index (χ4v) is 3.71. The Morgan fingerprint density at radius 3 is 2.00 bits per heavy atom. The Morgan fingerprint density at radius 1 is 0.794 bits per heavy atom. The van der Waals surface area contributed by atoms with Gasteiger partial charge in [0.05, 0.1) is 0 Å². The topological polar surface area (TPSA) is 45.4 Å². The molecule has 1 aromatic heterocycles. The molecule has 0 unspecified atom stereocenters. The molecule has 0 atom stereocenters. The molecule has 0 aliphatic rings. The summed E-state index contributed by atoms with van der Waals surface area (Å²) in [5, 5.41) is 14.3. The van der Waals surface area contributed by atoms with Crippen molar-refractivity contribution >= 4 is 34.3 Å². The van der Waals surface area contributed by atoms with Crippen molar-refractivity contribution in [2.75, 3.05) is 5.32 Å². The highest BCUT2D eigenvalue weighted by molar-refractivity contribution is 7.81. The van der Waals surface area contributed by atoms with Gasteiger partial charge in [0.15, 0.2) is 23.1 Å². The lowest BCUT2D eigenvalue weighted by molar-refractivity contribution is -0.575. The first-order valence-corrected chi connectivity index (χ1v) is 10.8. The summed E-state index contributed by atoms with van der Waals surface area (Å²) in [6.45, 7) is -2.89. The molecule has 4 nitrogen and oxygen atoms in total. The molecule has 3 aromatic carbocycles. The summed E-state index contributed by atoms with van der Waals surface area (Å²) < 4.78 is 30.9. The number of pyridine rings is 1. The second-order valence-corrected chi connectivity index (χ2v) is 7.69. The number of alkyl halides is 2. The van der Waals surface area contributed by atoms with Gasteiger partial charge in [0, 0.05) is 23.4 Å². The molecule has 0 saturated heterocycles. The molecule has 4 rings (SSSR count). The van der Waals surface area contributed by atoms with Crippen LogP contribution in [-0.4, -0.2) is 16.7 Å². The molecular formula is C27H21F2N2O2S+.